The number of hydrogen-bond acceptors (Lipinski definition) is 5. The highest BCUT2D eigenvalue weighted by atomic mass is 32.2. The number of carbonyl (C=O) groups is 1. The van der Waals surface area contributed by atoms with Crippen LogP contribution in [0.15, 0.2) is 18.3 Å². The third-order valence-corrected chi connectivity index (χ3v) is 5.18. The summed E-state index contributed by atoms with van der Waals surface area (Å²) in [7, 11) is 0.815. The number of nitrogens with one attached hydrogen (secondary N) is 1. The van der Waals surface area contributed by atoms with E-state index in [4.69, 9.17) is 0 Å². The lowest BCUT2D eigenvalue weighted by Gasteiger charge is -2.13. The fraction of sp³-hybridized carbons (Fsp3) is 0.538. The maximum Gasteiger partial charge on any atom is 0.251 e. The molecule has 1 aliphatic heterocycles. The van der Waals surface area contributed by atoms with E-state index in [1.54, 1.807) is 18.3 Å². The predicted molar refractivity (Wildman–Crippen MR) is 77.7 cm³/mol. The summed E-state index contributed by atoms with van der Waals surface area (Å²) in [5, 5.41) is 2.80. The van der Waals surface area contributed by atoms with E-state index >= 15 is 0 Å². The SMILES string of the molecule is CN(C)c1cc(C(=O)NCC2CCS(=O)(=O)C2)ccn1. The molecule has 6 nitrogen and oxygen atoms in total. The van der Waals surface area contributed by atoms with Gasteiger partial charge in [0.2, 0.25) is 0 Å². The predicted octanol–water partition coefficient (Wildman–Crippen LogP) is 0.312. The van der Waals surface area contributed by atoms with Crippen LogP contribution in [0.3, 0.4) is 0 Å². The fourth-order valence-corrected chi connectivity index (χ4v) is 4.04. The molecule has 2 heterocycles. The Bertz CT molecular complexity index is 599. The molecule has 2 rings (SSSR count). The lowest BCUT2D eigenvalue weighted by atomic mass is 10.1. The normalized spacial score (nSPS) is 20.6. The maximum absolute atomic E-state index is 12.0. The molecule has 0 radical (unpaired) electrons. The number of anilines is 1. The van der Waals surface area contributed by atoms with E-state index in [-0.39, 0.29) is 23.3 Å². The quantitative estimate of drug-likeness (QED) is 0.865. The van der Waals surface area contributed by atoms with Gasteiger partial charge in [-0.15, -0.1) is 0 Å². The second-order valence-electron chi connectivity index (χ2n) is 5.28. The van der Waals surface area contributed by atoms with Crippen LogP contribution < -0.4 is 10.2 Å². The molecule has 1 aromatic rings. The first-order valence-electron chi connectivity index (χ1n) is 6.49. The number of carbonyl (C=O) groups excluding carboxylic acids is 1. The zero-order valence-corrected chi connectivity index (χ0v) is 12.5. The molecule has 0 bridgehead atoms. The Kier molecular flexibility index (Phi) is 4.27. The molecule has 0 aliphatic carbocycles. The number of pyridine rings is 1. The van der Waals surface area contributed by atoms with Gasteiger partial charge in [0, 0.05) is 32.4 Å². The van der Waals surface area contributed by atoms with Gasteiger partial charge in [0.25, 0.3) is 5.91 Å². The minimum absolute atomic E-state index is 0.0270. The third-order valence-electron chi connectivity index (χ3n) is 3.34. The second-order valence-corrected chi connectivity index (χ2v) is 7.50. The number of hydrogen-bond donors (Lipinski definition) is 1. The number of sulfone groups is 1. The van der Waals surface area contributed by atoms with E-state index in [1.165, 1.54) is 0 Å². The van der Waals surface area contributed by atoms with Gasteiger partial charge in [-0.3, -0.25) is 4.79 Å². The van der Waals surface area contributed by atoms with Crippen LogP contribution in [0.25, 0.3) is 0 Å². The average molecular weight is 297 g/mol. The highest BCUT2D eigenvalue weighted by Crippen LogP contribution is 2.17. The van der Waals surface area contributed by atoms with E-state index in [9.17, 15) is 13.2 Å². The second kappa shape index (κ2) is 5.78. The van der Waals surface area contributed by atoms with Crippen molar-refractivity contribution in [2.45, 2.75) is 6.42 Å². The molecule has 20 heavy (non-hydrogen) atoms. The van der Waals surface area contributed by atoms with E-state index in [0.717, 1.165) is 0 Å². The van der Waals surface area contributed by atoms with Crippen molar-refractivity contribution in [2.75, 3.05) is 37.0 Å². The summed E-state index contributed by atoms with van der Waals surface area (Å²) in [5.74, 6) is 0.945. The molecule has 1 N–H and O–H groups in total. The number of aromatic nitrogens is 1. The summed E-state index contributed by atoms with van der Waals surface area (Å²) < 4.78 is 22.7. The van der Waals surface area contributed by atoms with Crippen LogP contribution in [0.5, 0.6) is 0 Å². The molecule has 1 fully saturated rings. The smallest absolute Gasteiger partial charge is 0.251 e. The molecule has 1 unspecified atom stereocenters. The van der Waals surface area contributed by atoms with E-state index < -0.39 is 9.84 Å². The van der Waals surface area contributed by atoms with E-state index in [0.29, 0.717) is 24.3 Å². The molecule has 1 atom stereocenters. The standard InChI is InChI=1S/C13H19N3O3S/c1-16(2)12-7-11(3-5-14-12)13(17)15-8-10-4-6-20(18,19)9-10/h3,5,7,10H,4,6,8-9H2,1-2H3,(H,15,17). The first-order chi connectivity index (χ1) is 9.37. The summed E-state index contributed by atoms with van der Waals surface area (Å²) in [4.78, 5) is 18.0. The van der Waals surface area contributed by atoms with Gasteiger partial charge in [-0.2, -0.15) is 0 Å². The van der Waals surface area contributed by atoms with Crippen LogP contribution in [0.1, 0.15) is 16.8 Å². The van der Waals surface area contributed by atoms with E-state index in [2.05, 4.69) is 10.3 Å². The number of amides is 1. The molecule has 0 saturated carbocycles. The molecule has 1 aliphatic rings. The molecule has 0 spiro atoms. The summed E-state index contributed by atoms with van der Waals surface area (Å²) in [5.41, 5.74) is 0.532. The Morgan fingerprint density at radius 3 is 2.85 bits per heavy atom. The average Bonchev–Trinajstić information content (AvgIpc) is 2.75. The summed E-state index contributed by atoms with van der Waals surface area (Å²) in [6.07, 6.45) is 2.21. The fourth-order valence-electron chi connectivity index (χ4n) is 2.18. The van der Waals surface area contributed by atoms with Crippen molar-refractivity contribution in [1.29, 1.82) is 0 Å². The molecule has 1 saturated heterocycles. The highest BCUT2D eigenvalue weighted by molar-refractivity contribution is 7.91. The number of rotatable bonds is 4. The van der Waals surface area contributed by atoms with E-state index in [1.807, 2.05) is 19.0 Å². The maximum atomic E-state index is 12.0. The zero-order valence-electron chi connectivity index (χ0n) is 11.7. The number of nitrogens with zero attached hydrogens (tertiary/aromatic N) is 2. The topological polar surface area (TPSA) is 79.4 Å². The van der Waals surface area contributed by atoms with Crippen LogP contribution >= 0.6 is 0 Å². The van der Waals surface area contributed by atoms with Gasteiger partial charge >= 0.3 is 0 Å². The van der Waals surface area contributed by atoms with Crippen molar-refractivity contribution in [1.82, 2.24) is 10.3 Å². The Morgan fingerprint density at radius 1 is 1.50 bits per heavy atom. The van der Waals surface area contributed by atoms with Crippen LogP contribution in [-0.2, 0) is 9.84 Å². The molecular formula is C13H19N3O3S. The van der Waals surface area contributed by atoms with Gasteiger partial charge in [-0.05, 0) is 24.5 Å². The first-order valence-corrected chi connectivity index (χ1v) is 8.31. The highest BCUT2D eigenvalue weighted by Gasteiger charge is 2.27. The monoisotopic (exact) mass is 297 g/mol. The third kappa shape index (κ3) is 3.69. The summed E-state index contributed by atoms with van der Waals surface area (Å²) in [6.45, 7) is 0.400. The van der Waals surface area contributed by atoms with Crippen LogP contribution in [0, 0.1) is 5.92 Å². The largest absolute Gasteiger partial charge is 0.363 e. The molecule has 0 aromatic carbocycles. The van der Waals surface area contributed by atoms with Crippen molar-refractivity contribution in [2.24, 2.45) is 5.92 Å². The lowest BCUT2D eigenvalue weighted by molar-refractivity contribution is 0.0948. The van der Waals surface area contributed by atoms with Crippen molar-refractivity contribution < 1.29 is 13.2 Å². The Balaban J connectivity index is 1.94. The lowest BCUT2D eigenvalue weighted by Crippen LogP contribution is -2.30. The first kappa shape index (κ1) is 14.8. The Morgan fingerprint density at radius 2 is 2.25 bits per heavy atom. The van der Waals surface area contributed by atoms with Crippen molar-refractivity contribution in [3.05, 3.63) is 23.9 Å². The van der Waals surface area contributed by atoms with Gasteiger partial charge in [0.05, 0.1) is 11.5 Å². The van der Waals surface area contributed by atoms with Gasteiger partial charge in [0.1, 0.15) is 5.82 Å². The molecule has 1 amide bonds. The van der Waals surface area contributed by atoms with Gasteiger partial charge in [-0.25, -0.2) is 13.4 Å². The van der Waals surface area contributed by atoms with Crippen molar-refractivity contribution >= 4 is 21.6 Å². The van der Waals surface area contributed by atoms with Crippen LogP contribution in [0.2, 0.25) is 0 Å². The zero-order chi connectivity index (χ0) is 14.8. The molecule has 1 aromatic heterocycles. The van der Waals surface area contributed by atoms with Crippen LogP contribution in [0.4, 0.5) is 5.82 Å². The Hall–Kier alpha value is -1.63. The molecular weight excluding hydrogens is 278 g/mol. The minimum atomic E-state index is -2.89. The van der Waals surface area contributed by atoms with Gasteiger partial charge < -0.3 is 10.2 Å². The van der Waals surface area contributed by atoms with Crippen LogP contribution in [-0.4, -0.2) is 51.5 Å². The molecule has 7 heteroatoms. The van der Waals surface area contributed by atoms with Gasteiger partial charge in [0.15, 0.2) is 9.84 Å². The Labute approximate surface area is 119 Å². The summed E-state index contributed by atoms with van der Waals surface area (Å²) >= 11 is 0. The van der Waals surface area contributed by atoms with Crippen molar-refractivity contribution in [3.8, 4) is 0 Å². The van der Waals surface area contributed by atoms with Gasteiger partial charge in [-0.1, -0.05) is 0 Å². The summed E-state index contributed by atoms with van der Waals surface area (Å²) in [6, 6.07) is 3.36. The van der Waals surface area contributed by atoms with Crippen molar-refractivity contribution in [3.63, 3.8) is 0 Å². The minimum Gasteiger partial charge on any atom is -0.363 e. The molecule has 110 valence electrons.